The van der Waals surface area contributed by atoms with E-state index in [2.05, 4.69) is 5.32 Å². The lowest BCUT2D eigenvalue weighted by Crippen LogP contribution is -2.22. The van der Waals surface area contributed by atoms with Gasteiger partial charge in [0.1, 0.15) is 17.1 Å². The van der Waals surface area contributed by atoms with Gasteiger partial charge in [0.2, 0.25) is 0 Å². The quantitative estimate of drug-likeness (QED) is 0.858. The number of carbonyl (C=O) groups excluding carboxylic acids is 1. The Bertz CT molecular complexity index is 534. The highest BCUT2D eigenvalue weighted by Crippen LogP contribution is 2.65. The monoisotopic (exact) mass is 275 g/mol. The first kappa shape index (κ1) is 12.5. The molecule has 1 heterocycles. The highest BCUT2D eigenvalue weighted by molar-refractivity contribution is 5.90. The molecular formula is C16H21NO3. The molecule has 0 amide bonds. The lowest BCUT2D eigenvalue weighted by atomic mass is 10.0. The van der Waals surface area contributed by atoms with E-state index in [0.717, 1.165) is 36.0 Å². The first-order chi connectivity index (χ1) is 9.69. The average Bonchev–Trinajstić information content (AvgIpc) is 2.81. The molecular weight excluding hydrogens is 254 g/mol. The van der Waals surface area contributed by atoms with Crippen molar-refractivity contribution >= 4 is 5.97 Å². The van der Waals surface area contributed by atoms with E-state index in [1.165, 1.54) is 26.4 Å². The number of methoxy groups -OCH3 is 1. The second kappa shape index (κ2) is 4.35. The minimum absolute atomic E-state index is 0.321. The van der Waals surface area contributed by atoms with Crippen LogP contribution < -0.4 is 5.32 Å². The summed E-state index contributed by atoms with van der Waals surface area (Å²) in [4.78, 5) is 11.5. The van der Waals surface area contributed by atoms with Crippen LogP contribution >= 0.6 is 0 Å². The fourth-order valence-electron chi connectivity index (χ4n) is 4.76. The SMILES string of the molecule is COC(=O)c1cc(CNC2C3C4CCC(C4)C23)oc1C. The van der Waals surface area contributed by atoms with Crippen LogP contribution in [-0.2, 0) is 11.3 Å². The molecule has 0 radical (unpaired) electrons. The number of aryl methyl sites for hydroxylation is 1. The average molecular weight is 275 g/mol. The van der Waals surface area contributed by atoms with E-state index in [4.69, 9.17) is 9.15 Å². The van der Waals surface area contributed by atoms with Crippen molar-refractivity contribution in [3.8, 4) is 0 Å². The Hall–Kier alpha value is -1.29. The molecule has 108 valence electrons. The third kappa shape index (κ3) is 1.74. The number of ether oxygens (including phenoxy) is 1. The second-order valence-electron chi connectivity index (χ2n) is 6.57. The Morgan fingerprint density at radius 3 is 2.75 bits per heavy atom. The fourth-order valence-corrected chi connectivity index (χ4v) is 4.76. The predicted octanol–water partition coefficient (Wildman–Crippen LogP) is 2.51. The van der Waals surface area contributed by atoms with Crippen molar-refractivity contribution in [1.82, 2.24) is 5.32 Å². The van der Waals surface area contributed by atoms with Gasteiger partial charge in [0.25, 0.3) is 0 Å². The standard InChI is InChI=1S/C16H21NO3/c1-8-12(16(18)19-2)6-11(20-8)7-17-15-13-9-3-4-10(5-9)14(13)15/h6,9-10,13-15,17H,3-5,7H2,1-2H3. The normalized spacial score (nSPS) is 37.0. The highest BCUT2D eigenvalue weighted by Gasteiger charge is 2.64. The van der Waals surface area contributed by atoms with Crippen LogP contribution in [0.1, 0.15) is 41.1 Å². The molecule has 3 aliphatic rings. The molecule has 20 heavy (non-hydrogen) atoms. The molecule has 4 nitrogen and oxygen atoms in total. The lowest BCUT2D eigenvalue weighted by molar-refractivity contribution is 0.0599. The van der Waals surface area contributed by atoms with Gasteiger partial charge in [-0.3, -0.25) is 0 Å². The van der Waals surface area contributed by atoms with Crippen molar-refractivity contribution in [3.63, 3.8) is 0 Å². The van der Waals surface area contributed by atoms with Crippen molar-refractivity contribution in [3.05, 3.63) is 23.2 Å². The molecule has 0 aromatic carbocycles. The van der Waals surface area contributed by atoms with Crippen LogP contribution in [0.2, 0.25) is 0 Å². The molecule has 3 saturated carbocycles. The zero-order valence-electron chi connectivity index (χ0n) is 12.0. The molecule has 1 aromatic rings. The van der Waals surface area contributed by atoms with E-state index in [1.54, 1.807) is 6.07 Å². The molecule has 4 unspecified atom stereocenters. The van der Waals surface area contributed by atoms with Crippen LogP contribution in [0, 0.1) is 30.6 Å². The van der Waals surface area contributed by atoms with E-state index in [1.807, 2.05) is 6.92 Å². The first-order valence-electron chi connectivity index (χ1n) is 7.60. The van der Waals surface area contributed by atoms with Crippen molar-refractivity contribution in [2.45, 2.75) is 38.8 Å². The molecule has 0 spiro atoms. The maximum atomic E-state index is 11.5. The minimum Gasteiger partial charge on any atom is -0.465 e. The summed E-state index contributed by atoms with van der Waals surface area (Å²) in [6.45, 7) is 2.52. The number of nitrogens with one attached hydrogen (secondary N) is 1. The highest BCUT2D eigenvalue weighted by atomic mass is 16.5. The number of esters is 1. The van der Waals surface area contributed by atoms with E-state index < -0.39 is 0 Å². The van der Waals surface area contributed by atoms with Gasteiger partial charge < -0.3 is 14.5 Å². The molecule has 4 rings (SSSR count). The predicted molar refractivity (Wildman–Crippen MR) is 73.2 cm³/mol. The molecule has 1 aromatic heterocycles. The van der Waals surface area contributed by atoms with Crippen LogP contribution in [0.15, 0.2) is 10.5 Å². The third-order valence-electron chi connectivity index (χ3n) is 5.62. The molecule has 0 aliphatic heterocycles. The Morgan fingerprint density at radius 2 is 2.10 bits per heavy atom. The summed E-state index contributed by atoms with van der Waals surface area (Å²) < 4.78 is 10.4. The third-order valence-corrected chi connectivity index (χ3v) is 5.62. The first-order valence-corrected chi connectivity index (χ1v) is 7.60. The summed E-state index contributed by atoms with van der Waals surface area (Å²) in [5.41, 5.74) is 0.542. The van der Waals surface area contributed by atoms with Crippen molar-refractivity contribution in [1.29, 1.82) is 0 Å². The molecule has 2 bridgehead atoms. The lowest BCUT2D eigenvalue weighted by Gasteiger charge is -2.09. The Morgan fingerprint density at radius 1 is 1.40 bits per heavy atom. The summed E-state index contributed by atoms with van der Waals surface area (Å²) >= 11 is 0. The van der Waals surface area contributed by atoms with E-state index in [-0.39, 0.29) is 5.97 Å². The van der Waals surface area contributed by atoms with Gasteiger partial charge in [-0.25, -0.2) is 4.79 Å². The maximum Gasteiger partial charge on any atom is 0.341 e. The molecule has 1 N–H and O–H groups in total. The molecule has 4 atom stereocenters. The van der Waals surface area contributed by atoms with Crippen LogP contribution in [0.4, 0.5) is 0 Å². The number of carbonyl (C=O) groups is 1. The van der Waals surface area contributed by atoms with Gasteiger partial charge in [0.15, 0.2) is 0 Å². The number of furan rings is 1. The Balaban J connectivity index is 1.38. The second-order valence-corrected chi connectivity index (χ2v) is 6.57. The van der Waals surface area contributed by atoms with Gasteiger partial charge in [-0.1, -0.05) is 0 Å². The van der Waals surface area contributed by atoms with Crippen LogP contribution in [0.5, 0.6) is 0 Å². The molecule has 3 aliphatic carbocycles. The van der Waals surface area contributed by atoms with E-state index in [0.29, 0.717) is 17.4 Å². The largest absolute Gasteiger partial charge is 0.465 e. The van der Waals surface area contributed by atoms with E-state index >= 15 is 0 Å². The van der Waals surface area contributed by atoms with Crippen LogP contribution in [0.3, 0.4) is 0 Å². The number of rotatable bonds is 4. The van der Waals surface area contributed by atoms with Crippen LogP contribution in [0.25, 0.3) is 0 Å². The minimum atomic E-state index is -0.321. The van der Waals surface area contributed by atoms with Gasteiger partial charge in [-0.05, 0) is 55.9 Å². The fraction of sp³-hybridized carbons (Fsp3) is 0.688. The van der Waals surface area contributed by atoms with Gasteiger partial charge in [-0.2, -0.15) is 0 Å². The molecule has 0 saturated heterocycles. The molecule has 3 fully saturated rings. The Kier molecular flexibility index (Phi) is 2.71. The van der Waals surface area contributed by atoms with Crippen molar-refractivity contribution in [2.75, 3.05) is 7.11 Å². The zero-order valence-corrected chi connectivity index (χ0v) is 12.0. The summed E-state index contributed by atoms with van der Waals surface area (Å²) in [5.74, 6) is 4.96. The summed E-state index contributed by atoms with van der Waals surface area (Å²) in [5, 5.41) is 3.63. The smallest absolute Gasteiger partial charge is 0.341 e. The molecule has 4 heteroatoms. The van der Waals surface area contributed by atoms with Gasteiger partial charge in [-0.15, -0.1) is 0 Å². The van der Waals surface area contributed by atoms with Crippen LogP contribution in [-0.4, -0.2) is 19.1 Å². The van der Waals surface area contributed by atoms with E-state index in [9.17, 15) is 4.79 Å². The summed E-state index contributed by atoms with van der Waals surface area (Å²) in [7, 11) is 1.40. The maximum absolute atomic E-state index is 11.5. The number of hydrogen-bond acceptors (Lipinski definition) is 4. The topological polar surface area (TPSA) is 51.5 Å². The van der Waals surface area contributed by atoms with Gasteiger partial charge in [0.05, 0.1) is 13.7 Å². The number of hydrogen-bond donors (Lipinski definition) is 1. The van der Waals surface area contributed by atoms with Gasteiger partial charge >= 0.3 is 5.97 Å². The van der Waals surface area contributed by atoms with Crippen molar-refractivity contribution in [2.24, 2.45) is 23.7 Å². The Labute approximate surface area is 118 Å². The van der Waals surface area contributed by atoms with Gasteiger partial charge in [0, 0.05) is 6.04 Å². The van der Waals surface area contributed by atoms with Crippen molar-refractivity contribution < 1.29 is 13.9 Å². The number of fused-ring (bicyclic) bond motifs is 5. The zero-order chi connectivity index (χ0) is 13.9. The summed E-state index contributed by atoms with van der Waals surface area (Å²) in [6.07, 6.45) is 4.35. The summed E-state index contributed by atoms with van der Waals surface area (Å²) in [6, 6.07) is 2.49.